The summed E-state index contributed by atoms with van der Waals surface area (Å²) in [5.41, 5.74) is 5.56. The van der Waals surface area contributed by atoms with Crippen LogP contribution in [0.25, 0.3) is 0 Å². The lowest BCUT2D eigenvalue weighted by atomic mass is 10.1. The third kappa shape index (κ3) is 4.08. The zero-order valence-corrected chi connectivity index (χ0v) is 9.36. The van der Waals surface area contributed by atoms with E-state index in [4.69, 9.17) is 15.6 Å². The number of carbonyl (C=O) groups is 1. The maximum absolute atomic E-state index is 10.5. The maximum atomic E-state index is 10.5. The minimum atomic E-state index is -1.06. The van der Waals surface area contributed by atoms with Gasteiger partial charge in [-0.05, 0) is 38.1 Å². The lowest BCUT2D eigenvalue weighted by Crippen LogP contribution is -2.47. The number of rotatable bonds is 4. The molecule has 0 saturated heterocycles. The summed E-state index contributed by atoms with van der Waals surface area (Å²) in [4.78, 5) is 10.5. The molecule has 0 aliphatic heterocycles. The molecule has 0 aromatic heterocycles. The van der Waals surface area contributed by atoms with Gasteiger partial charge < -0.3 is 20.9 Å². The molecule has 1 amide bonds. The van der Waals surface area contributed by atoms with Crippen LogP contribution in [0.4, 0.5) is 10.5 Å². The summed E-state index contributed by atoms with van der Waals surface area (Å²) < 4.78 is 5.45. The molecule has 0 spiro atoms. The van der Waals surface area contributed by atoms with Gasteiger partial charge in [0.1, 0.15) is 12.4 Å². The first-order chi connectivity index (χ1) is 7.39. The zero-order chi connectivity index (χ0) is 12.2. The second-order valence-electron chi connectivity index (χ2n) is 4.17. The van der Waals surface area contributed by atoms with Gasteiger partial charge in [-0.25, -0.2) is 4.79 Å². The van der Waals surface area contributed by atoms with Crippen LogP contribution in [-0.2, 0) is 0 Å². The third-order valence-electron chi connectivity index (χ3n) is 1.93. The number of anilines is 1. The molecule has 5 heteroatoms. The summed E-state index contributed by atoms with van der Waals surface area (Å²) in [6.07, 6.45) is -1.06. The van der Waals surface area contributed by atoms with E-state index in [1.165, 1.54) is 0 Å². The van der Waals surface area contributed by atoms with Crippen molar-refractivity contribution in [2.45, 2.75) is 19.4 Å². The fraction of sp³-hybridized carbons (Fsp3) is 0.364. The van der Waals surface area contributed by atoms with Crippen molar-refractivity contribution < 1.29 is 14.6 Å². The van der Waals surface area contributed by atoms with E-state index < -0.39 is 11.6 Å². The molecular weight excluding hydrogens is 208 g/mol. The van der Waals surface area contributed by atoms with Crippen LogP contribution in [-0.4, -0.2) is 23.3 Å². The first-order valence-electron chi connectivity index (χ1n) is 4.88. The van der Waals surface area contributed by atoms with Crippen LogP contribution in [0.5, 0.6) is 5.75 Å². The first-order valence-corrected chi connectivity index (χ1v) is 4.88. The lowest BCUT2D eigenvalue weighted by Gasteiger charge is -2.24. The Balaban J connectivity index is 2.50. The van der Waals surface area contributed by atoms with Gasteiger partial charge in [-0.2, -0.15) is 0 Å². The van der Waals surface area contributed by atoms with E-state index in [0.29, 0.717) is 11.4 Å². The lowest BCUT2D eigenvalue weighted by molar-refractivity contribution is 0.162. The Kier molecular flexibility index (Phi) is 3.60. The molecular formula is C11H16N2O3. The van der Waals surface area contributed by atoms with E-state index in [0.717, 1.165) is 0 Å². The second-order valence-corrected chi connectivity index (χ2v) is 4.17. The highest BCUT2D eigenvalue weighted by Gasteiger charge is 2.20. The van der Waals surface area contributed by atoms with E-state index in [-0.39, 0.29) is 6.61 Å². The molecule has 1 aromatic carbocycles. The molecule has 0 radical (unpaired) electrons. The van der Waals surface area contributed by atoms with Gasteiger partial charge in [0.25, 0.3) is 0 Å². The molecule has 0 atom stereocenters. The van der Waals surface area contributed by atoms with E-state index >= 15 is 0 Å². The van der Waals surface area contributed by atoms with Gasteiger partial charge >= 0.3 is 6.09 Å². The average molecular weight is 224 g/mol. The number of hydrogen-bond donors (Lipinski definition) is 3. The number of hydrogen-bond acceptors (Lipinski definition) is 3. The first kappa shape index (κ1) is 12.2. The molecule has 0 bridgehead atoms. The molecule has 5 nitrogen and oxygen atoms in total. The fourth-order valence-electron chi connectivity index (χ4n) is 1.15. The van der Waals surface area contributed by atoms with Gasteiger partial charge in [0.05, 0.1) is 5.54 Å². The number of ether oxygens (including phenoxy) is 1. The van der Waals surface area contributed by atoms with Crippen LogP contribution < -0.4 is 15.8 Å². The molecule has 16 heavy (non-hydrogen) atoms. The highest BCUT2D eigenvalue weighted by molar-refractivity contribution is 5.65. The monoisotopic (exact) mass is 224 g/mol. The van der Waals surface area contributed by atoms with Crippen molar-refractivity contribution >= 4 is 11.8 Å². The van der Waals surface area contributed by atoms with Gasteiger partial charge in [0.15, 0.2) is 0 Å². The number of benzene rings is 1. The van der Waals surface area contributed by atoms with Crippen molar-refractivity contribution in [1.29, 1.82) is 0 Å². The van der Waals surface area contributed by atoms with Crippen LogP contribution in [0.2, 0.25) is 0 Å². The topological polar surface area (TPSA) is 84.6 Å². The Morgan fingerprint density at radius 1 is 1.44 bits per heavy atom. The minimum Gasteiger partial charge on any atom is -0.491 e. The molecule has 1 aromatic rings. The van der Waals surface area contributed by atoms with Crippen molar-refractivity contribution in [2.75, 3.05) is 12.3 Å². The minimum absolute atomic E-state index is 0.253. The van der Waals surface area contributed by atoms with Gasteiger partial charge in [0.2, 0.25) is 0 Å². The number of nitrogen functional groups attached to an aromatic ring is 1. The second kappa shape index (κ2) is 4.74. The Labute approximate surface area is 94.2 Å². The third-order valence-corrected chi connectivity index (χ3v) is 1.93. The summed E-state index contributed by atoms with van der Waals surface area (Å²) in [6.45, 7) is 3.75. The molecule has 0 fully saturated rings. The van der Waals surface area contributed by atoms with Crippen LogP contribution in [0.1, 0.15) is 13.8 Å². The quantitative estimate of drug-likeness (QED) is 0.679. The molecule has 4 N–H and O–H groups in total. The van der Waals surface area contributed by atoms with Crippen molar-refractivity contribution in [3.8, 4) is 5.75 Å². The van der Waals surface area contributed by atoms with E-state index in [9.17, 15) is 4.79 Å². The molecule has 88 valence electrons. The highest BCUT2D eigenvalue weighted by atomic mass is 16.5. The zero-order valence-electron chi connectivity index (χ0n) is 9.36. The van der Waals surface area contributed by atoms with Gasteiger partial charge in [0, 0.05) is 5.69 Å². The number of amides is 1. The fourth-order valence-corrected chi connectivity index (χ4v) is 1.15. The van der Waals surface area contributed by atoms with Gasteiger partial charge in [-0.15, -0.1) is 0 Å². The Morgan fingerprint density at radius 3 is 2.50 bits per heavy atom. The van der Waals surface area contributed by atoms with E-state index in [2.05, 4.69) is 5.32 Å². The molecule has 0 aliphatic carbocycles. The Bertz CT molecular complexity index is 360. The van der Waals surface area contributed by atoms with E-state index in [1.54, 1.807) is 38.1 Å². The summed E-state index contributed by atoms with van der Waals surface area (Å²) in [5.74, 6) is 0.662. The molecule has 1 rings (SSSR count). The largest absolute Gasteiger partial charge is 0.491 e. The van der Waals surface area contributed by atoms with Crippen LogP contribution in [0, 0.1) is 0 Å². The van der Waals surface area contributed by atoms with E-state index in [1.807, 2.05) is 0 Å². The standard InChI is InChI=1S/C11H16N2O3/c1-11(2,13-10(14)15)7-16-9-5-3-8(12)4-6-9/h3-6,13H,7,12H2,1-2H3,(H,14,15). The summed E-state index contributed by atoms with van der Waals surface area (Å²) in [6, 6.07) is 6.94. The average Bonchev–Trinajstić information content (AvgIpc) is 2.15. The molecule has 0 unspecified atom stereocenters. The van der Waals surface area contributed by atoms with Crippen LogP contribution in [0.15, 0.2) is 24.3 Å². The van der Waals surface area contributed by atoms with Crippen LogP contribution >= 0.6 is 0 Å². The van der Waals surface area contributed by atoms with Crippen molar-refractivity contribution in [3.05, 3.63) is 24.3 Å². The number of nitrogens with one attached hydrogen (secondary N) is 1. The molecule has 0 saturated carbocycles. The smallest absolute Gasteiger partial charge is 0.405 e. The summed E-state index contributed by atoms with van der Waals surface area (Å²) >= 11 is 0. The Hall–Kier alpha value is -1.91. The molecule has 0 heterocycles. The normalized spacial score (nSPS) is 10.9. The molecule has 0 aliphatic rings. The van der Waals surface area contributed by atoms with Crippen molar-refractivity contribution in [1.82, 2.24) is 5.32 Å². The Morgan fingerprint density at radius 2 is 2.00 bits per heavy atom. The maximum Gasteiger partial charge on any atom is 0.405 e. The number of carboxylic acid groups (broad SMARTS) is 1. The number of nitrogens with two attached hydrogens (primary N) is 1. The van der Waals surface area contributed by atoms with Crippen molar-refractivity contribution in [3.63, 3.8) is 0 Å². The van der Waals surface area contributed by atoms with Gasteiger partial charge in [-0.3, -0.25) is 0 Å². The summed E-state index contributed by atoms with van der Waals surface area (Å²) in [5, 5.41) is 11.0. The predicted molar refractivity (Wildman–Crippen MR) is 61.6 cm³/mol. The predicted octanol–water partition coefficient (Wildman–Crippen LogP) is 1.69. The van der Waals surface area contributed by atoms with Crippen LogP contribution in [0.3, 0.4) is 0 Å². The summed E-state index contributed by atoms with van der Waals surface area (Å²) in [7, 11) is 0. The highest BCUT2D eigenvalue weighted by Crippen LogP contribution is 2.15. The van der Waals surface area contributed by atoms with Gasteiger partial charge in [-0.1, -0.05) is 0 Å². The SMILES string of the molecule is CC(C)(COc1ccc(N)cc1)NC(=O)O. The van der Waals surface area contributed by atoms with Crippen molar-refractivity contribution in [2.24, 2.45) is 0 Å².